The molecule has 2 aromatic rings. The van der Waals surface area contributed by atoms with Crippen molar-refractivity contribution in [3.05, 3.63) is 40.8 Å². The number of nitrogens with zero attached hydrogens (tertiary/aromatic N) is 4. The van der Waals surface area contributed by atoms with Crippen LogP contribution in [0.15, 0.2) is 23.3 Å². The number of fused-ring (bicyclic) bond motifs is 1. The van der Waals surface area contributed by atoms with Crippen molar-refractivity contribution in [1.29, 1.82) is 0 Å². The maximum Gasteiger partial charge on any atom is 0.252 e. The third-order valence-electron chi connectivity index (χ3n) is 7.70. The minimum absolute atomic E-state index is 0.0133. The highest BCUT2D eigenvalue weighted by atomic mass is 19.1. The van der Waals surface area contributed by atoms with Gasteiger partial charge in [0.15, 0.2) is 17.5 Å². The number of pyridine rings is 2. The smallest absolute Gasteiger partial charge is 0.252 e. The van der Waals surface area contributed by atoms with Crippen molar-refractivity contribution in [2.24, 2.45) is 10.7 Å². The molecule has 4 N–H and O–H groups in total. The summed E-state index contributed by atoms with van der Waals surface area (Å²) < 4.78 is 15.2. The first kappa shape index (κ1) is 26.0. The molecule has 0 aromatic carbocycles. The Morgan fingerprint density at radius 1 is 1.31 bits per heavy atom. The van der Waals surface area contributed by atoms with Crippen LogP contribution in [0.25, 0.3) is 0 Å². The monoisotopic (exact) mass is 495 g/mol. The molecule has 2 atom stereocenters. The molecule has 0 radical (unpaired) electrons. The van der Waals surface area contributed by atoms with Crippen molar-refractivity contribution in [3.63, 3.8) is 0 Å². The van der Waals surface area contributed by atoms with Gasteiger partial charge in [-0.2, -0.15) is 0 Å². The van der Waals surface area contributed by atoms with Crippen LogP contribution in [0, 0.1) is 5.82 Å². The van der Waals surface area contributed by atoms with Crippen LogP contribution in [0.5, 0.6) is 0 Å². The van der Waals surface area contributed by atoms with Crippen LogP contribution in [-0.4, -0.2) is 54.3 Å². The molecule has 0 bridgehead atoms. The van der Waals surface area contributed by atoms with Crippen molar-refractivity contribution in [1.82, 2.24) is 15.3 Å². The number of halogens is 1. The summed E-state index contributed by atoms with van der Waals surface area (Å²) in [4.78, 5) is 28.0. The molecule has 1 fully saturated rings. The Bertz CT molecular complexity index is 1130. The second-order valence-electron chi connectivity index (χ2n) is 9.89. The topological polar surface area (TPSA) is 109 Å². The average Bonchev–Trinajstić information content (AvgIpc) is 2.89. The van der Waals surface area contributed by atoms with Crippen LogP contribution in [0.3, 0.4) is 0 Å². The van der Waals surface area contributed by atoms with E-state index in [1.54, 1.807) is 0 Å². The van der Waals surface area contributed by atoms with E-state index in [-0.39, 0.29) is 29.3 Å². The molecule has 0 saturated heterocycles. The number of aliphatic imine (C=N–C) groups is 1. The SMILES string of the molecule is CCC(CC)c1cnc2c(c1)CC(=Nc1nc(N(C)C3CCCCC3NC)c(F)cc1C(N)=O)CN2. The number of likely N-dealkylation sites (N-methyl/N-ethyl adjacent to an activating group) is 2. The number of hydrogen-bond donors (Lipinski definition) is 3. The van der Waals surface area contributed by atoms with Gasteiger partial charge in [-0.25, -0.2) is 19.4 Å². The van der Waals surface area contributed by atoms with E-state index in [0.717, 1.165) is 55.6 Å². The number of aromatic nitrogens is 2. The lowest BCUT2D eigenvalue weighted by molar-refractivity contribution is 0.1000. The molecule has 9 heteroatoms. The van der Waals surface area contributed by atoms with E-state index >= 15 is 4.39 Å². The fourth-order valence-electron chi connectivity index (χ4n) is 5.56. The normalized spacial score (nSPS) is 20.8. The molecule has 36 heavy (non-hydrogen) atoms. The zero-order valence-electron chi connectivity index (χ0n) is 21.8. The number of carbonyl (C=O) groups excluding carboxylic acids is 1. The molecule has 0 spiro atoms. The van der Waals surface area contributed by atoms with Crippen LogP contribution in [0.1, 0.15) is 79.8 Å². The Kier molecular flexibility index (Phi) is 8.18. The summed E-state index contributed by atoms with van der Waals surface area (Å²) in [6, 6.07) is 3.71. The fourth-order valence-corrected chi connectivity index (χ4v) is 5.56. The Hall–Kier alpha value is -3.07. The highest BCUT2D eigenvalue weighted by Gasteiger charge is 2.30. The van der Waals surface area contributed by atoms with Crippen molar-refractivity contribution in [3.8, 4) is 0 Å². The van der Waals surface area contributed by atoms with Gasteiger partial charge in [0.2, 0.25) is 0 Å². The van der Waals surface area contributed by atoms with E-state index < -0.39 is 11.7 Å². The molecule has 2 aromatic heterocycles. The molecule has 194 valence electrons. The molecule has 2 aliphatic rings. The van der Waals surface area contributed by atoms with Gasteiger partial charge in [0.1, 0.15) is 5.82 Å². The number of nitrogens with one attached hydrogen (secondary N) is 2. The van der Waals surface area contributed by atoms with Gasteiger partial charge in [0.05, 0.1) is 12.1 Å². The number of anilines is 2. The summed E-state index contributed by atoms with van der Waals surface area (Å²) in [6.07, 6.45) is 8.84. The van der Waals surface area contributed by atoms with Gasteiger partial charge in [-0.1, -0.05) is 26.7 Å². The van der Waals surface area contributed by atoms with E-state index in [4.69, 9.17) is 10.7 Å². The molecule has 8 nitrogen and oxygen atoms in total. The Labute approximate surface area is 213 Å². The van der Waals surface area contributed by atoms with Gasteiger partial charge in [0.25, 0.3) is 5.91 Å². The van der Waals surface area contributed by atoms with Crippen molar-refractivity contribution in [2.45, 2.75) is 76.8 Å². The number of carbonyl (C=O) groups is 1. The fraction of sp³-hybridized carbons (Fsp3) is 0.556. The summed E-state index contributed by atoms with van der Waals surface area (Å²) in [5.41, 5.74) is 8.66. The van der Waals surface area contributed by atoms with E-state index in [2.05, 4.69) is 40.5 Å². The van der Waals surface area contributed by atoms with Crippen molar-refractivity contribution >= 4 is 29.1 Å². The van der Waals surface area contributed by atoms with Gasteiger partial charge in [-0.3, -0.25) is 4.79 Å². The lowest BCUT2D eigenvalue weighted by Crippen LogP contribution is -2.50. The maximum atomic E-state index is 15.2. The molecule has 3 heterocycles. The third kappa shape index (κ3) is 5.36. The summed E-state index contributed by atoms with van der Waals surface area (Å²) in [6.45, 7) is 4.84. The van der Waals surface area contributed by atoms with Crippen LogP contribution in [0.4, 0.5) is 21.8 Å². The lowest BCUT2D eigenvalue weighted by Gasteiger charge is -2.38. The summed E-state index contributed by atoms with van der Waals surface area (Å²) >= 11 is 0. The number of hydrogen-bond acceptors (Lipinski definition) is 7. The maximum absolute atomic E-state index is 15.2. The highest BCUT2D eigenvalue weighted by molar-refractivity contribution is 6.00. The van der Waals surface area contributed by atoms with E-state index in [0.29, 0.717) is 18.9 Å². The molecular formula is C27H38FN7O. The minimum Gasteiger partial charge on any atom is -0.365 e. The molecule has 4 rings (SSSR count). The lowest BCUT2D eigenvalue weighted by atomic mass is 9.89. The van der Waals surface area contributed by atoms with Gasteiger partial charge in [-0.05, 0) is 56.3 Å². The van der Waals surface area contributed by atoms with Gasteiger partial charge >= 0.3 is 0 Å². The first-order valence-corrected chi connectivity index (χ1v) is 13.1. The first-order chi connectivity index (χ1) is 17.4. The largest absolute Gasteiger partial charge is 0.365 e. The Morgan fingerprint density at radius 3 is 2.75 bits per heavy atom. The standard InChI is InChI=1S/C27H38FN7O/c1-5-16(6-2)18-11-17-12-19(15-32-25(17)31-14-18)33-26-20(24(29)36)13-21(28)27(34-26)35(4)23-10-8-7-9-22(23)30-3/h11,13-14,16,22-23,30H,5-10,12,15H2,1-4H3,(H2,29,36)(H,31,32). The van der Waals surface area contributed by atoms with Crippen LogP contribution in [-0.2, 0) is 6.42 Å². The van der Waals surface area contributed by atoms with Crippen molar-refractivity contribution in [2.75, 3.05) is 30.9 Å². The number of nitrogens with two attached hydrogens (primary N) is 1. The van der Waals surface area contributed by atoms with Crippen LogP contribution in [0.2, 0.25) is 0 Å². The summed E-state index contributed by atoms with van der Waals surface area (Å²) in [5.74, 6) is 0.344. The van der Waals surface area contributed by atoms with Crippen molar-refractivity contribution < 1.29 is 9.18 Å². The second-order valence-corrected chi connectivity index (χ2v) is 9.89. The molecule has 1 aliphatic heterocycles. The van der Waals surface area contributed by atoms with Crippen LogP contribution >= 0.6 is 0 Å². The zero-order valence-corrected chi connectivity index (χ0v) is 21.8. The average molecular weight is 496 g/mol. The summed E-state index contributed by atoms with van der Waals surface area (Å²) in [7, 11) is 3.79. The first-order valence-electron chi connectivity index (χ1n) is 13.1. The number of rotatable bonds is 8. The van der Waals surface area contributed by atoms with E-state index in [9.17, 15) is 4.79 Å². The highest BCUT2D eigenvalue weighted by Crippen LogP contribution is 2.32. The zero-order chi connectivity index (χ0) is 25.8. The number of amides is 1. The molecule has 2 unspecified atom stereocenters. The Morgan fingerprint density at radius 2 is 2.06 bits per heavy atom. The molecule has 1 saturated carbocycles. The van der Waals surface area contributed by atoms with Gasteiger partial charge in [-0.15, -0.1) is 0 Å². The van der Waals surface area contributed by atoms with Gasteiger partial charge < -0.3 is 21.3 Å². The molecule has 1 amide bonds. The predicted octanol–water partition coefficient (Wildman–Crippen LogP) is 4.33. The van der Waals surface area contributed by atoms with Crippen LogP contribution < -0.4 is 21.3 Å². The predicted molar refractivity (Wildman–Crippen MR) is 143 cm³/mol. The second kappa shape index (κ2) is 11.3. The quantitative estimate of drug-likeness (QED) is 0.503. The van der Waals surface area contributed by atoms with E-state index in [1.807, 2.05) is 25.2 Å². The Balaban J connectivity index is 1.68. The third-order valence-corrected chi connectivity index (χ3v) is 7.70. The molecular weight excluding hydrogens is 457 g/mol. The number of primary amides is 1. The summed E-state index contributed by atoms with van der Waals surface area (Å²) in [5, 5.41) is 6.68. The van der Waals surface area contributed by atoms with E-state index in [1.165, 1.54) is 11.6 Å². The molecule has 1 aliphatic carbocycles. The van der Waals surface area contributed by atoms with Gasteiger partial charge in [0, 0.05) is 43.0 Å². The minimum atomic E-state index is -0.748.